The maximum atomic E-state index is 12.5. The molecule has 0 aliphatic carbocycles. The lowest BCUT2D eigenvalue weighted by atomic mass is 9.99. The van der Waals surface area contributed by atoms with Crippen LogP contribution in [0.25, 0.3) is 0 Å². The van der Waals surface area contributed by atoms with E-state index >= 15 is 0 Å². The summed E-state index contributed by atoms with van der Waals surface area (Å²) in [7, 11) is -3.51. The quantitative estimate of drug-likeness (QED) is 0.819. The summed E-state index contributed by atoms with van der Waals surface area (Å²) in [6.45, 7) is 7.65. The van der Waals surface area contributed by atoms with Crippen LogP contribution in [0.4, 0.5) is 5.69 Å². The van der Waals surface area contributed by atoms with E-state index in [2.05, 4.69) is 20.8 Å². The zero-order valence-electron chi connectivity index (χ0n) is 15.0. The zero-order valence-corrected chi connectivity index (χ0v) is 15.8. The summed E-state index contributed by atoms with van der Waals surface area (Å²) >= 11 is 0. The standard InChI is InChI=1S/C18H28N2O3S/c1-14(2)16-5-7-17(8-6-16)20(24(4,22)23)13-18(21)19-11-9-15(3)10-12-19/h5-8,14-15H,9-13H2,1-4H3. The number of likely N-dealkylation sites (tertiary alicyclic amines) is 1. The minimum atomic E-state index is -3.51. The highest BCUT2D eigenvalue weighted by molar-refractivity contribution is 7.92. The molecule has 134 valence electrons. The molecule has 1 heterocycles. The highest BCUT2D eigenvalue weighted by Crippen LogP contribution is 2.23. The Morgan fingerprint density at radius 2 is 1.75 bits per heavy atom. The fourth-order valence-electron chi connectivity index (χ4n) is 2.91. The summed E-state index contributed by atoms with van der Waals surface area (Å²) < 4.78 is 25.6. The second-order valence-electron chi connectivity index (χ2n) is 7.08. The van der Waals surface area contributed by atoms with E-state index in [1.54, 1.807) is 17.0 Å². The molecule has 1 aromatic rings. The Labute approximate surface area is 145 Å². The maximum absolute atomic E-state index is 12.5. The summed E-state index contributed by atoms with van der Waals surface area (Å²) in [5.41, 5.74) is 1.68. The molecule has 0 unspecified atom stereocenters. The van der Waals surface area contributed by atoms with Crippen LogP contribution in [0.5, 0.6) is 0 Å². The van der Waals surface area contributed by atoms with Crippen molar-refractivity contribution in [3.63, 3.8) is 0 Å². The van der Waals surface area contributed by atoms with Crippen LogP contribution in [0, 0.1) is 5.92 Å². The Hall–Kier alpha value is -1.56. The lowest BCUT2D eigenvalue weighted by Gasteiger charge is -2.32. The number of hydrogen-bond acceptors (Lipinski definition) is 3. The van der Waals surface area contributed by atoms with Crippen LogP contribution < -0.4 is 4.31 Å². The van der Waals surface area contributed by atoms with E-state index in [1.807, 2.05) is 12.1 Å². The number of carbonyl (C=O) groups is 1. The van der Waals surface area contributed by atoms with Crippen LogP contribution in [0.15, 0.2) is 24.3 Å². The molecule has 1 amide bonds. The van der Waals surface area contributed by atoms with Crippen LogP contribution in [0.2, 0.25) is 0 Å². The second-order valence-corrected chi connectivity index (χ2v) is 8.99. The van der Waals surface area contributed by atoms with E-state index in [4.69, 9.17) is 0 Å². The van der Waals surface area contributed by atoms with Crippen molar-refractivity contribution in [2.45, 2.75) is 39.5 Å². The number of sulfonamides is 1. The SMILES string of the molecule is CC1CCN(C(=O)CN(c2ccc(C(C)C)cc2)S(C)(=O)=O)CC1. The first-order chi connectivity index (χ1) is 11.2. The molecule has 5 nitrogen and oxygen atoms in total. The van der Waals surface area contributed by atoms with Gasteiger partial charge in [-0.25, -0.2) is 8.42 Å². The van der Waals surface area contributed by atoms with Crippen molar-refractivity contribution >= 4 is 21.6 Å². The summed E-state index contributed by atoms with van der Waals surface area (Å²) in [4.78, 5) is 14.3. The lowest BCUT2D eigenvalue weighted by molar-refractivity contribution is -0.130. The third-order valence-corrected chi connectivity index (χ3v) is 5.80. The summed E-state index contributed by atoms with van der Waals surface area (Å²) in [5, 5.41) is 0. The number of anilines is 1. The molecular formula is C18H28N2O3S. The minimum Gasteiger partial charge on any atom is -0.341 e. The van der Waals surface area contributed by atoms with Gasteiger partial charge < -0.3 is 4.90 Å². The minimum absolute atomic E-state index is 0.125. The molecule has 0 radical (unpaired) electrons. The first-order valence-corrected chi connectivity index (χ1v) is 10.4. The van der Waals surface area contributed by atoms with E-state index in [9.17, 15) is 13.2 Å². The average molecular weight is 353 g/mol. The fourth-order valence-corrected chi connectivity index (χ4v) is 3.76. The normalized spacial score (nSPS) is 16.5. The molecule has 0 atom stereocenters. The lowest BCUT2D eigenvalue weighted by Crippen LogP contribution is -2.45. The van der Waals surface area contributed by atoms with E-state index < -0.39 is 10.0 Å². The van der Waals surface area contributed by atoms with Gasteiger partial charge in [0, 0.05) is 13.1 Å². The molecule has 0 spiro atoms. The number of amides is 1. The number of hydrogen-bond donors (Lipinski definition) is 0. The highest BCUT2D eigenvalue weighted by Gasteiger charge is 2.26. The van der Waals surface area contributed by atoms with Gasteiger partial charge in [-0.15, -0.1) is 0 Å². The Morgan fingerprint density at radius 3 is 2.21 bits per heavy atom. The van der Waals surface area contributed by atoms with Gasteiger partial charge in [-0.1, -0.05) is 32.9 Å². The molecule has 6 heteroatoms. The molecule has 1 fully saturated rings. The van der Waals surface area contributed by atoms with Crippen molar-refractivity contribution in [2.75, 3.05) is 30.2 Å². The summed E-state index contributed by atoms with van der Waals surface area (Å²) in [5.74, 6) is 0.881. The molecule has 1 aliphatic rings. The zero-order chi connectivity index (χ0) is 17.9. The first-order valence-electron chi connectivity index (χ1n) is 8.54. The Kier molecular flexibility index (Phi) is 5.91. The van der Waals surface area contributed by atoms with Crippen molar-refractivity contribution in [3.05, 3.63) is 29.8 Å². The molecule has 0 saturated carbocycles. The molecule has 2 rings (SSSR count). The number of carbonyl (C=O) groups excluding carboxylic acids is 1. The van der Waals surface area contributed by atoms with Crippen molar-refractivity contribution in [3.8, 4) is 0 Å². The molecule has 24 heavy (non-hydrogen) atoms. The Bertz CT molecular complexity index is 660. The van der Waals surface area contributed by atoms with E-state index in [-0.39, 0.29) is 12.5 Å². The van der Waals surface area contributed by atoms with Crippen LogP contribution in [-0.4, -0.2) is 45.1 Å². The Morgan fingerprint density at radius 1 is 1.21 bits per heavy atom. The van der Waals surface area contributed by atoms with Gasteiger partial charge in [0.2, 0.25) is 15.9 Å². The number of benzene rings is 1. The predicted molar refractivity (Wildman–Crippen MR) is 97.7 cm³/mol. The molecule has 1 aliphatic heterocycles. The first kappa shape index (κ1) is 18.8. The molecule has 0 aromatic heterocycles. The third-order valence-electron chi connectivity index (χ3n) is 4.66. The van der Waals surface area contributed by atoms with Crippen molar-refractivity contribution in [1.82, 2.24) is 4.90 Å². The van der Waals surface area contributed by atoms with Crippen molar-refractivity contribution < 1.29 is 13.2 Å². The molecule has 0 bridgehead atoms. The number of nitrogens with zero attached hydrogens (tertiary/aromatic N) is 2. The van der Waals surface area contributed by atoms with Gasteiger partial charge in [-0.2, -0.15) is 0 Å². The molecule has 0 N–H and O–H groups in total. The highest BCUT2D eigenvalue weighted by atomic mass is 32.2. The van der Waals surface area contributed by atoms with E-state index in [1.165, 1.54) is 4.31 Å². The molecular weight excluding hydrogens is 324 g/mol. The predicted octanol–water partition coefficient (Wildman–Crippen LogP) is 2.83. The van der Waals surface area contributed by atoms with Crippen LogP contribution in [-0.2, 0) is 14.8 Å². The number of rotatable bonds is 5. The van der Waals surface area contributed by atoms with E-state index in [0.717, 1.165) is 24.7 Å². The van der Waals surface area contributed by atoms with Gasteiger partial charge in [0.1, 0.15) is 6.54 Å². The van der Waals surface area contributed by atoms with Gasteiger partial charge >= 0.3 is 0 Å². The largest absolute Gasteiger partial charge is 0.341 e. The smallest absolute Gasteiger partial charge is 0.243 e. The van der Waals surface area contributed by atoms with Gasteiger partial charge in [0.05, 0.1) is 11.9 Å². The topological polar surface area (TPSA) is 57.7 Å². The van der Waals surface area contributed by atoms with Gasteiger partial charge in [0.15, 0.2) is 0 Å². The summed E-state index contributed by atoms with van der Waals surface area (Å²) in [6.07, 6.45) is 3.11. The maximum Gasteiger partial charge on any atom is 0.243 e. The van der Waals surface area contributed by atoms with Gasteiger partial charge in [-0.3, -0.25) is 9.10 Å². The van der Waals surface area contributed by atoms with Crippen LogP contribution in [0.1, 0.15) is 45.1 Å². The second kappa shape index (κ2) is 7.55. The Balaban J connectivity index is 2.16. The third kappa shape index (κ3) is 4.72. The molecule has 1 aromatic carbocycles. The number of piperidine rings is 1. The monoisotopic (exact) mass is 352 g/mol. The fraction of sp³-hybridized carbons (Fsp3) is 0.611. The van der Waals surface area contributed by atoms with Gasteiger partial charge in [0.25, 0.3) is 0 Å². The van der Waals surface area contributed by atoms with Crippen molar-refractivity contribution in [1.29, 1.82) is 0 Å². The van der Waals surface area contributed by atoms with Crippen LogP contribution in [0.3, 0.4) is 0 Å². The van der Waals surface area contributed by atoms with Crippen molar-refractivity contribution in [2.24, 2.45) is 5.92 Å². The van der Waals surface area contributed by atoms with E-state index in [0.29, 0.717) is 30.6 Å². The molecule has 1 saturated heterocycles. The van der Waals surface area contributed by atoms with Crippen LogP contribution >= 0.6 is 0 Å². The average Bonchev–Trinajstić information content (AvgIpc) is 2.52. The summed E-state index contributed by atoms with van der Waals surface area (Å²) in [6, 6.07) is 7.40. The van der Waals surface area contributed by atoms with Gasteiger partial charge in [-0.05, 0) is 42.4 Å².